The summed E-state index contributed by atoms with van der Waals surface area (Å²) in [6, 6.07) is 18.4. The van der Waals surface area contributed by atoms with Gasteiger partial charge in [0.05, 0.1) is 10.6 Å². The molecule has 5 nitrogen and oxygen atoms in total. The fraction of sp³-hybridized carbons (Fsp3) is 0.192. The van der Waals surface area contributed by atoms with Gasteiger partial charge in [-0.2, -0.15) is 0 Å². The summed E-state index contributed by atoms with van der Waals surface area (Å²) in [5.41, 5.74) is 4.93. The smallest absolute Gasteiger partial charge is 0.244 e. The lowest BCUT2D eigenvalue weighted by Gasteiger charge is -2.09. The van der Waals surface area contributed by atoms with E-state index in [9.17, 15) is 13.2 Å². The number of hydrogen-bond acceptors (Lipinski definition) is 3. The fourth-order valence-corrected chi connectivity index (χ4v) is 5.71. The van der Waals surface area contributed by atoms with E-state index >= 15 is 0 Å². The zero-order chi connectivity index (χ0) is 23.8. The van der Waals surface area contributed by atoms with Crippen molar-refractivity contribution in [3.8, 4) is 0 Å². The van der Waals surface area contributed by atoms with Crippen LogP contribution in [0, 0.1) is 20.8 Å². The molecule has 0 aliphatic heterocycles. The number of nitrogens with zero attached hydrogens (tertiary/aromatic N) is 1. The Bertz CT molecular complexity index is 1470. The molecule has 3 aromatic carbocycles. The molecule has 0 radical (unpaired) electrons. The van der Waals surface area contributed by atoms with Crippen molar-refractivity contribution in [1.29, 1.82) is 0 Å². The van der Waals surface area contributed by atoms with E-state index in [-0.39, 0.29) is 23.1 Å². The van der Waals surface area contributed by atoms with E-state index in [4.69, 9.17) is 11.6 Å². The summed E-state index contributed by atoms with van der Waals surface area (Å²) in [5, 5.41) is 4.01. The van der Waals surface area contributed by atoms with E-state index in [1.807, 2.05) is 57.2 Å². The molecule has 0 aliphatic rings. The lowest BCUT2D eigenvalue weighted by molar-refractivity contribution is -0.116. The Kier molecular flexibility index (Phi) is 6.32. The van der Waals surface area contributed by atoms with Crippen molar-refractivity contribution in [2.45, 2.75) is 38.0 Å². The molecule has 1 aromatic heterocycles. The Morgan fingerprint density at radius 3 is 2.45 bits per heavy atom. The van der Waals surface area contributed by atoms with Crippen molar-refractivity contribution in [2.75, 3.05) is 5.32 Å². The van der Waals surface area contributed by atoms with Crippen LogP contribution >= 0.6 is 11.6 Å². The zero-order valence-corrected chi connectivity index (χ0v) is 20.3. The number of benzene rings is 3. The number of aromatic nitrogens is 1. The molecule has 0 bridgehead atoms. The van der Waals surface area contributed by atoms with Gasteiger partial charge in [-0.1, -0.05) is 59.6 Å². The molecule has 7 heteroatoms. The number of rotatable bonds is 6. The number of fused-ring (bicyclic) bond motifs is 1. The van der Waals surface area contributed by atoms with Crippen molar-refractivity contribution in [1.82, 2.24) is 4.57 Å². The second-order valence-electron chi connectivity index (χ2n) is 8.34. The third-order valence-corrected chi connectivity index (χ3v) is 7.80. The molecule has 33 heavy (non-hydrogen) atoms. The average molecular weight is 481 g/mol. The van der Waals surface area contributed by atoms with Gasteiger partial charge in [0.1, 0.15) is 6.54 Å². The van der Waals surface area contributed by atoms with Crippen molar-refractivity contribution in [3.05, 3.63) is 94.1 Å². The molecule has 170 valence electrons. The third-order valence-electron chi connectivity index (χ3n) is 5.71. The van der Waals surface area contributed by atoms with E-state index < -0.39 is 9.84 Å². The third kappa shape index (κ3) is 4.97. The SMILES string of the molecule is Cc1ccc(C)c(CS(=O)(=O)c2cn(CC(=O)Nc3ccc(C)c(Cl)c3)c3ccccc23)c1. The lowest BCUT2D eigenvalue weighted by Crippen LogP contribution is -2.18. The fourth-order valence-electron chi connectivity index (χ4n) is 3.86. The Balaban J connectivity index is 1.65. The molecule has 4 aromatic rings. The minimum atomic E-state index is -3.63. The van der Waals surface area contributed by atoms with E-state index in [0.717, 1.165) is 22.3 Å². The minimum absolute atomic E-state index is 0.0228. The summed E-state index contributed by atoms with van der Waals surface area (Å²) in [5.74, 6) is -0.364. The molecule has 1 heterocycles. The Morgan fingerprint density at radius 2 is 1.70 bits per heavy atom. The van der Waals surface area contributed by atoms with E-state index in [1.54, 1.807) is 35.0 Å². The highest BCUT2D eigenvalue weighted by atomic mass is 35.5. The second-order valence-corrected chi connectivity index (χ2v) is 10.7. The summed E-state index contributed by atoms with van der Waals surface area (Å²) in [6.07, 6.45) is 1.56. The zero-order valence-electron chi connectivity index (χ0n) is 18.7. The number of halogens is 1. The van der Waals surface area contributed by atoms with Gasteiger partial charge in [-0.05, 0) is 55.7 Å². The summed E-state index contributed by atoms with van der Waals surface area (Å²) >= 11 is 6.15. The maximum Gasteiger partial charge on any atom is 0.244 e. The van der Waals surface area contributed by atoms with Gasteiger partial charge in [0.2, 0.25) is 5.91 Å². The average Bonchev–Trinajstić information content (AvgIpc) is 3.13. The molecular formula is C26H25ClN2O3S. The molecule has 0 saturated carbocycles. The van der Waals surface area contributed by atoms with Gasteiger partial charge < -0.3 is 9.88 Å². The van der Waals surface area contributed by atoms with Gasteiger partial charge in [-0.25, -0.2) is 8.42 Å². The summed E-state index contributed by atoms with van der Waals surface area (Å²) in [7, 11) is -3.63. The molecular weight excluding hydrogens is 456 g/mol. The number of aryl methyl sites for hydroxylation is 3. The van der Waals surface area contributed by atoms with Gasteiger partial charge in [0.15, 0.2) is 9.84 Å². The van der Waals surface area contributed by atoms with Crippen LogP contribution in [0.25, 0.3) is 10.9 Å². The van der Waals surface area contributed by atoms with Gasteiger partial charge in [0.25, 0.3) is 0 Å². The molecule has 0 unspecified atom stereocenters. The highest BCUT2D eigenvalue weighted by Crippen LogP contribution is 2.29. The highest BCUT2D eigenvalue weighted by molar-refractivity contribution is 7.90. The van der Waals surface area contributed by atoms with Gasteiger partial charge >= 0.3 is 0 Å². The second kappa shape index (κ2) is 9.04. The first-order valence-corrected chi connectivity index (χ1v) is 12.6. The molecule has 0 spiro atoms. The van der Waals surface area contributed by atoms with Crippen LogP contribution in [-0.2, 0) is 26.9 Å². The number of para-hydroxylation sites is 1. The van der Waals surface area contributed by atoms with Crippen LogP contribution in [-0.4, -0.2) is 18.9 Å². The molecule has 0 fully saturated rings. The van der Waals surface area contributed by atoms with Crippen molar-refractivity contribution >= 4 is 43.9 Å². The summed E-state index contributed by atoms with van der Waals surface area (Å²) in [6.45, 7) is 5.72. The van der Waals surface area contributed by atoms with Crippen LogP contribution in [0.3, 0.4) is 0 Å². The number of anilines is 1. The first-order chi connectivity index (χ1) is 15.6. The maximum atomic E-state index is 13.4. The lowest BCUT2D eigenvalue weighted by atomic mass is 10.1. The van der Waals surface area contributed by atoms with Crippen LogP contribution < -0.4 is 5.32 Å². The van der Waals surface area contributed by atoms with Crippen LogP contribution in [0.4, 0.5) is 5.69 Å². The topological polar surface area (TPSA) is 68.2 Å². The molecule has 0 atom stereocenters. The Labute approximate surface area is 198 Å². The first kappa shape index (κ1) is 23.1. The Morgan fingerprint density at radius 1 is 0.970 bits per heavy atom. The normalized spacial score (nSPS) is 11.6. The predicted octanol–water partition coefficient (Wildman–Crippen LogP) is 5.83. The van der Waals surface area contributed by atoms with Crippen LogP contribution in [0.1, 0.15) is 22.3 Å². The summed E-state index contributed by atoms with van der Waals surface area (Å²) < 4.78 is 28.5. The number of nitrogens with one attached hydrogen (secondary N) is 1. The summed E-state index contributed by atoms with van der Waals surface area (Å²) in [4.78, 5) is 13.0. The van der Waals surface area contributed by atoms with Gasteiger partial charge in [-0.3, -0.25) is 4.79 Å². The van der Waals surface area contributed by atoms with Crippen LogP contribution in [0.2, 0.25) is 5.02 Å². The predicted molar refractivity (Wildman–Crippen MR) is 134 cm³/mol. The minimum Gasteiger partial charge on any atom is -0.337 e. The van der Waals surface area contributed by atoms with Crippen molar-refractivity contribution < 1.29 is 13.2 Å². The quantitative estimate of drug-likeness (QED) is 0.377. The maximum absolute atomic E-state index is 13.4. The molecule has 4 rings (SSSR count). The number of sulfone groups is 1. The number of hydrogen-bond donors (Lipinski definition) is 1. The van der Waals surface area contributed by atoms with Gasteiger partial charge in [-0.15, -0.1) is 0 Å². The molecule has 0 saturated heterocycles. The number of amides is 1. The number of carbonyl (C=O) groups excluding carboxylic acids is 1. The van der Waals surface area contributed by atoms with Gasteiger partial charge in [0, 0.05) is 27.8 Å². The molecule has 0 aliphatic carbocycles. The largest absolute Gasteiger partial charge is 0.337 e. The number of carbonyl (C=O) groups is 1. The van der Waals surface area contributed by atoms with Crippen molar-refractivity contribution in [3.63, 3.8) is 0 Å². The Hall–Kier alpha value is -3.09. The monoisotopic (exact) mass is 480 g/mol. The van der Waals surface area contributed by atoms with Crippen LogP contribution in [0.15, 0.2) is 71.8 Å². The molecule has 1 amide bonds. The standard InChI is InChI=1S/C26H25ClN2O3S/c1-17-8-9-18(2)20(12-17)16-33(31,32)25-14-29(24-7-5-4-6-22(24)25)15-26(30)28-21-11-10-19(3)23(27)13-21/h4-14H,15-16H2,1-3H3,(H,28,30). The molecule has 1 N–H and O–H groups in total. The van der Waals surface area contributed by atoms with E-state index in [2.05, 4.69) is 5.32 Å². The van der Waals surface area contributed by atoms with E-state index in [0.29, 0.717) is 21.6 Å². The first-order valence-electron chi connectivity index (χ1n) is 10.6. The van der Waals surface area contributed by atoms with E-state index in [1.165, 1.54) is 0 Å². The van der Waals surface area contributed by atoms with Crippen molar-refractivity contribution in [2.24, 2.45) is 0 Å². The van der Waals surface area contributed by atoms with Crippen LogP contribution in [0.5, 0.6) is 0 Å². The highest BCUT2D eigenvalue weighted by Gasteiger charge is 2.23.